The summed E-state index contributed by atoms with van der Waals surface area (Å²) in [5.74, 6) is -4.56. The zero-order valence-corrected chi connectivity index (χ0v) is 35.2. The summed E-state index contributed by atoms with van der Waals surface area (Å²) in [5.41, 5.74) is -0.568. The Hall–Kier alpha value is -5.46. The lowest BCUT2D eigenvalue weighted by Gasteiger charge is -2.33. The first-order valence-corrected chi connectivity index (χ1v) is 23.3. The van der Waals surface area contributed by atoms with Crippen molar-refractivity contribution in [1.29, 1.82) is 0 Å². The van der Waals surface area contributed by atoms with Gasteiger partial charge in [0.2, 0.25) is 27.7 Å². The van der Waals surface area contributed by atoms with Gasteiger partial charge in [0.1, 0.15) is 41.3 Å². The van der Waals surface area contributed by atoms with Crippen LogP contribution in [0.25, 0.3) is 0 Å². The van der Waals surface area contributed by atoms with Gasteiger partial charge in [-0.05, 0) is 68.9 Å². The molecule has 4 N–H and O–H groups in total. The molecule has 19 heteroatoms. The molecule has 62 heavy (non-hydrogen) atoms. The molecule has 8 rings (SSSR count). The highest BCUT2D eigenvalue weighted by molar-refractivity contribution is 7.91. The third-order valence-electron chi connectivity index (χ3n) is 13.1. The van der Waals surface area contributed by atoms with Gasteiger partial charge in [-0.2, -0.15) is 0 Å². The van der Waals surface area contributed by atoms with Crippen LogP contribution in [-0.2, 0) is 47.0 Å². The van der Waals surface area contributed by atoms with Crippen molar-refractivity contribution in [3.63, 3.8) is 0 Å². The molecular weight excluding hydrogens is 824 g/mol. The fourth-order valence-electron chi connectivity index (χ4n) is 9.33. The number of allylic oxidation sites excluding steroid dienone is 1. The highest BCUT2D eigenvalue weighted by atomic mass is 32.2. The Morgan fingerprint density at radius 2 is 1.74 bits per heavy atom. The van der Waals surface area contributed by atoms with E-state index >= 15 is 0 Å². The summed E-state index contributed by atoms with van der Waals surface area (Å²) in [4.78, 5) is 95.2. The lowest BCUT2D eigenvalue weighted by molar-refractivity contribution is -0.143. The summed E-state index contributed by atoms with van der Waals surface area (Å²) in [6, 6.07) is 1.14. The highest BCUT2D eigenvalue weighted by Crippen LogP contribution is 2.46. The van der Waals surface area contributed by atoms with Gasteiger partial charge in [-0.25, -0.2) is 22.6 Å². The molecule has 1 unspecified atom stereocenters. The molecule has 4 fully saturated rings. The number of amides is 6. The van der Waals surface area contributed by atoms with Crippen molar-refractivity contribution in [2.24, 2.45) is 11.8 Å². The van der Waals surface area contributed by atoms with Gasteiger partial charge in [-0.1, -0.05) is 56.4 Å². The molecular formula is C43H53FN8O9S. The fourth-order valence-corrected chi connectivity index (χ4v) is 10.7. The van der Waals surface area contributed by atoms with Gasteiger partial charge in [-0.3, -0.25) is 38.6 Å². The maximum Gasteiger partial charge on any atom is 0.410 e. The summed E-state index contributed by atoms with van der Waals surface area (Å²) < 4.78 is 48.5. The number of carbonyl (C=O) groups excluding carboxylic acids is 6. The molecule has 0 radical (unpaired) electrons. The van der Waals surface area contributed by atoms with Gasteiger partial charge >= 0.3 is 6.09 Å². The standard InChI is InChI=1S/C43H53FN8O9S/c44-32-14-9-12-27-23-51(25-31(27)32)42(58)61-29-20-35-38(54)49-43(41(57)50-62(59,60)30-16-17-30)21-28(43)13-7-2-1-3-8-15-33(40(56)52(35)24-29)47-39(55)36(26-10-5-4-6-11-26)48-37(53)34-22-45-18-19-46-34/h7,9,12-14,18-19,22,26,28-30,33,35-36H,1-6,8,10-11,15-17,20-21,23-25H2,(H,47,55)(H,48,53)(H,49,54)(H,50,57)/t28-,29-,33+,35?,36+,43-/m1/s1. The number of ether oxygens (including phenoxy) is 1. The summed E-state index contributed by atoms with van der Waals surface area (Å²) in [6.45, 7) is -0.163. The van der Waals surface area contributed by atoms with Gasteiger partial charge in [0.05, 0.1) is 24.5 Å². The van der Waals surface area contributed by atoms with Crippen molar-refractivity contribution >= 4 is 45.7 Å². The smallest absolute Gasteiger partial charge is 0.410 e. The maximum absolute atomic E-state index is 14.9. The number of aromatic nitrogens is 2. The molecule has 17 nitrogen and oxygen atoms in total. The molecule has 1 saturated heterocycles. The van der Waals surface area contributed by atoms with Crippen LogP contribution in [0, 0.1) is 17.7 Å². The van der Waals surface area contributed by atoms with Crippen LogP contribution in [-0.4, -0.2) is 105 Å². The Kier molecular flexibility index (Phi) is 12.6. The van der Waals surface area contributed by atoms with Crippen LogP contribution < -0.4 is 20.7 Å². The van der Waals surface area contributed by atoms with Crippen molar-refractivity contribution in [3.8, 4) is 0 Å². The Bertz CT molecular complexity index is 2220. The van der Waals surface area contributed by atoms with Crippen molar-refractivity contribution in [1.82, 2.24) is 40.4 Å². The number of fused-ring (bicyclic) bond motifs is 3. The Morgan fingerprint density at radius 1 is 0.968 bits per heavy atom. The van der Waals surface area contributed by atoms with Crippen LogP contribution >= 0.6 is 0 Å². The number of carbonyl (C=O) groups is 6. The molecule has 6 aliphatic rings. The zero-order valence-electron chi connectivity index (χ0n) is 34.4. The van der Waals surface area contributed by atoms with E-state index in [0.29, 0.717) is 62.5 Å². The average Bonchev–Trinajstić information content (AvgIpc) is 4.15. The van der Waals surface area contributed by atoms with E-state index in [1.165, 1.54) is 34.5 Å². The SMILES string of the molecule is O=C(N[C@H](C(=O)N[C@H]1CCCCCC=C[C@@H]2C[C@@]2(C(=O)NS(=O)(=O)C2CC2)NC(=O)C2C[C@@H](OC(=O)N3Cc4cccc(F)c4C3)CN2C1=O)C1CCCCC1)c1cnccn1. The Balaban J connectivity index is 1.06. The monoisotopic (exact) mass is 876 g/mol. The first-order chi connectivity index (χ1) is 29.8. The van der Waals surface area contributed by atoms with Crippen molar-refractivity contribution in [2.75, 3.05) is 6.54 Å². The molecule has 3 aliphatic carbocycles. The Morgan fingerprint density at radius 3 is 2.48 bits per heavy atom. The van der Waals surface area contributed by atoms with Crippen LogP contribution in [0.1, 0.15) is 112 Å². The van der Waals surface area contributed by atoms with Crippen LogP contribution in [0.3, 0.4) is 0 Å². The van der Waals surface area contributed by atoms with Gasteiger partial charge in [0, 0.05) is 36.8 Å². The molecule has 4 heterocycles. The molecule has 1 aromatic heterocycles. The number of nitrogens with zero attached hydrogens (tertiary/aromatic N) is 4. The van der Waals surface area contributed by atoms with E-state index in [0.717, 1.165) is 19.3 Å². The minimum atomic E-state index is -3.97. The molecule has 0 bridgehead atoms. The summed E-state index contributed by atoms with van der Waals surface area (Å²) in [7, 11) is -3.97. The lowest BCUT2D eigenvalue weighted by Crippen LogP contribution is -2.60. The van der Waals surface area contributed by atoms with E-state index < -0.39 is 92.4 Å². The number of halogens is 1. The van der Waals surface area contributed by atoms with Crippen molar-refractivity contribution < 1.29 is 46.3 Å². The molecule has 0 spiro atoms. The van der Waals surface area contributed by atoms with Crippen LogP contribution in [0.5, 0.6) is 0 Å². The van der Waals surface area contributed by atoms with Crippen LogP contribution in [0.4, 0.5) is 9.18 Å². The van der Waals surface area contributed by atoms with Gasteiger partial charge in [0.15, 0.2) is 0 Å². The van der Waals surface area contributed by atoms with Crippen molar-refractivity contribution in [2.45, 2.75) is 138 Å². The van der Waals surface area contributed by atoms with Crippen molar-refractivity contribution in [3.05, 3.63) is 71.6 Å². The topological polar surface area (TPSA) is 226 Å². The summed E-state index contributed by atoms with van der Waals surface area (Å²) >= 11 is 0. The first-order valence-electron chi connectivity index (χ1n) is 21.8. The second-order valence-corrected chi connectivity index (χ2v) is 19.5. The highest BCUT2D eigenvalue weighted by Gasteiger charge is 2.62. The van der Waals surface area contributed by atoms with E-state index in [9.17, 15) is 41.6 Å². The lowest BCUT2D eigenvalue weighted by atomic mass is 9.83. The minimum Gasteiger partial charge on any atom is -0.444 e. The van der Waals surface area contributed by atoms with E-state index in [1.54, 1.807) is 12.1 Å². The van der Waals surface area contributed by atoms with E-state index in [4.69, 9.17) is 4.74 Å². The zero-order chi connectivity index (χ0) is 43.6. The number of hydrogen-bond acceptors (Lipinski definition) is 11. The largest absolute Gasteiger partial charge is 0.444 e. The van der Waals surface area contributed by atoms with Gasteiger partial charge in [0.25, 0.3) is 11.8 Å². The van der Waals surface area contributed by atoms with Crippen LogP contribution in [0.2, 0.25) is 0 Å². The minimum absolute atomic E-state index is 0.0277. The third-order valence-corrected chi connectivity index (χ3v) is 14.9. The normalized spacial score (nSPS) is 27.3. The van der Waals surface area contributed by atoms with Crippen LogP contribution in [0.15, 0.2) is 48.9 Å². The average molecular weight is 877 g/mol. The van der Waals surface area contributed by atoms with E-state index in [-0.39, 0.29) is 50.5 Å². The molecule has 1 aromatic carbocycles. The maximum atomic E-state index is 14.9. The molecule has 6 amide bonds. The van der Waals surface area contributed by atoms with E-state index in [1.807, 2.05) is 12.2 Å². The number of nitrogens with one attached hydrogen (secondary N) is 4. The number of rotatable bonds is 9. The van der Waals surface area contributed by atoms with E-state index in [2.05, 4.69) is 30.6 Å². The number of benzene rings is 1. The predicted molar refractivity (Wildman–Crippen MR) is 219 cm³/mol. The fraction of sp³-hybridized carbons (Fsp3) is 0.581. The third kappa shape index (κ3) is 9.46. The molecule has 3 saturated carbocycles. The number of sulfonamides is 1. The quantitative estimate of drug-likeness (QED) is 0.268. The molecule has 3 aliphatic heterocycles. The molecule has 2 aromatic rings. The predicted octanol–water partition coefficient (Wildman–Crippen LogP) is 2.90. The van der Waals surface area contributed by atoms with Gasteiger partial charge < -0.3 is 25.6 Å². The summed E-state index contributed by atoms with van der Waals surface area (Å²) in [6.07, 6.45) is 13.7. The second kappa shape index (κ2) is 18.1. The van der Waals surface area contributed by atoms with Gasteiger partial charge in [-0.15, -0.1) is 0 Å². The number of hydrogen-bond donors (Lipinski definition) is 4. The Labute approximate surface area is 359 Å². The molecule has 6 atom stereocenters. The second-order valence-electron chi connectivity index (χ2n) is 17.5. The summed E-state index contributed by atoms with van der Waals surface area (Å²) in [5, 5.41) is 7.92. The first kappa shape index (κ1) is 43.2. The molecule has 332 valence electrons.